The fraction of sp³-hybridized carbons (Fsp3) is 0.167. The van der Waals surface area contributed by atoms with Crippen molar-refractivity contribution in [1.82, 2.24) is 9.55 Å². The summed E-state index contributed by atoms with van der Waals surface area (Å²) in [5, 5.41) is 0.660. The highest BCUT2D eigenvalue weighted by molar-refractivity contribution is 6.08. The minimum Gasteiger partial charge on any atom is -0.456 e. The first-order valence-corrected chi connectivity index (χ1v) is 7.78. The molecular formula is C18H13F3N2O4. The van der Waals surface area contributed by atoms with E-state index in [1.54, 1.807) is 24.3 Å². The highest BCUT2D eigenvalue weighted by Crippen LogP contribution is 2.28. The average Bonchev–Trinajstić information content (AvgIpc) is 3.05. The van der Waals surface area contributed by atoms with Crippen LogP contribution in [0.15, 0.2) is 53.6 Å². The molecule has 27 heavy (non-hydrogen) atoms. The van der Waals surface area contributed by atoms with E-state index in [1.165, 1.54) is 6.20 Å². The molecule has 0 aliphatic heterocycles. The van der Waals surface area contributed by atoms with E-state index in [4.69, 9.17) is 4.74 Å². The van der Waals surface area contributed by atoms with Crippen molar-refractivity contribution in [3.05, 3.63) is 70.3 Å². The molecule has 140 valence electrons. The Morgan fingerprint density at radius 3 is 2.59 bits per heavy atom. The zero-order valence-corrected chi connectivity index (χ0v) is 13.7. The van der Waals surface area contributed by atoms with E-state index in [2.05, 4.69) is 4.98 Å². The first kappa shape index (κ1) is 18.4. The van der Waals surface area contributed by atoms with Crippen molar-refractivity contribution in [2.75, 3.05) is 6.61 Å². The molecule has 1 N–H and O–H groups in total. The number of hydrogen-bond acceptors (Lipinski definition) is 4. The number of carbonyl (C=O) groups is 2. The van der Waals surface area contributed by atoms with Crippen molar-refractivity contribution >= 4 is 22.7 Å². The van der Waals surface area contributed by atoms with Gasteiger partial charge in [0.05, 0.1) is 5.56 Å². The number of fused-ring (bicyclic) bond motifs is 1. The van der Waals surface area contributed by atoms with Gasteiger partial charge in [0.25, 0.3) is 5.56 Å². The zero-order valence-electron chi connectivity index (χ0n) is 13.7. The van der Waals surface area contributed by atoms with E-state index in [0.717, 1.165) is 5.52 Å². The normalized spacial score (nSPS) is 11.5. The van der Waals surface area contributed by atoms with Crippen molar-refractivity contribution in [1.29, 1.82) is 0 Å². The minimum absolute atomic E-state index is 0.328. The topological polar surface area (TPSA) is 81.2 Å². The van der Waals surface area contributed by atoms with Crippen molar-refractivity contribution in [2.24, 2.45) is 0 Å². The molecule has 0 bridgehead atoms. The zero-order chi connectivity index (χ0) is 19.6. The molecule has 0 amide bonds. The number of hydrogen-bond donors (Lipinski definition) is 1. The first-order chi connectivity index (χ1) is 12.8. The van der Waals surface area contributed by atoms with Gasteiger partial charge in [-0.25, -0.2) is 0 Å². The summed E-state index contributed by atoms with van der Waals surface area (Å²) in [6.45, 7) is -1.32. The highest BCUT2D eigenvalue weighted by Gasteiger charge is 2.31. The number of nitrogens with one attached hydrogen (secondary N) is 1. The van der Waals surface area contributed by atoms with Crippen LogP contribution in [0.25, 0.3) is 10.9 Å². The lowest BCUT2D eigenvalue weighted by Gasteiger charge is -2.10. The minimum atomic E-state index is -4.65. The van der Waals surface area contributed by atoms with Crippen LogP contribution in [0.2, 0.25) is 0 Å². The first-order valence-electron chi connectivity index (χ1n) is 7.78. The van der Waals surface area contributed by atoms with Gasteiger partial charge in [0.15, 0.2) is 6.61 Å². The number of benzene rings is 1. The Bertz CT molecular complexity index is 1070. The molecule has 6 nitrogen and oxygen atoms in total. The number of Topliss-reactive ketones (excluding diaryl/α,β-unsaturated/α-hetero) is 1. The van der Waals surface area contributed by atoms with E-state index in [-0.39, 0.29) is 0 Å². The summed E-state index contributed by atoms with van der Waals surface area (Å²) in [7, 11) is 0. The molecule has 0 atom stereocenters. The van der Waals surface area contributed by atoms with Crippen molar-refractivity contribution in [3.8, 4) is 0 Å². The molecule has 0 saturated heterocycles. The summed E-state index contributed by atoms with van der Waals surface area (Å²) in [5.74, 6) is -1.47. The molecule has 3 rings (SSSR count). The van der Waals surface area contributed by atoms with E-state index in [0.29, 0.717) is 33.8 Å². The second kappa shape index (κ2) is 7.10. The Morgan fingerprint density at radius 1 is 1.11 bits per heavy atom. The maximum Gasteiger partial charge on any atom is 0.417 e. The van der Waals surface area contributed by atoms with E-state index < -0.39 is 42.2 Å². The van der Waals surface area contributed by atoms with Gasteiger partial charge in [-0.1, -0.05) is 18.2 Å². The van der Waals surface area contributed by atoms with Crippen molar-refractivity contribution < 1.29 is 27.5 Å². The van der Waals surface area contributed by atoms with Crippen LogP contribution in [-0.4, -0.2) is 27.9 Å². The van der Waals surface area contributed by atoms with Crippen LogP contribution in [0.4, 0.5) is 13.2 Å². The molecule has 0 aliphatic carbocycles. The molecule has 1 aromatic carbocycles. The van der Waals surface area contributed by atoms with E-state index >= 15 is 0 Å². The summed E-state index contributed by atoms with van der Waals surface area (Å²) in [5.41, 5.74) is -0.787. The maximum atomic E-state index is 12.7. The van der Waals surface area contributed by atoms with Crippen LogP contribution in [0, 0.1) is 0 Å². The molecule has 3 aromatic rings. The number of H-pyrrole nitrogens is 1. The summed E-state index contributed by atoms with van der Waals surface area (Å²) in [6, 6.07) is 8.39. The number of alkyl halides is 3. The number of aromatic amines is 1. The number of nitrogens with zero attached hydrogens (tertiary/aromatic N) is 1. The predicted molar refractivity (Wildman–Crippen MR) is 89.3 cm³/mol. The summed E-state index contributed by atoms with van der Waals surface area (Å²) < 4.78 is 43.5. The lowest BCUT2D eigenvalue weighted by molar-refractivity contribution is -0.144. The molecule has 0 radical (unpaired) electrons. The molecule has 2 heterocycles. The van der Waals surface area contributed by atoms with Gasteiger partial charge in [-0.05, 0) is 12.1 Å². The largest absolute Gasteiger partial charge is 0.456 e. The third kappa shape index (κ3) is 4.08. The summed E-state index contributed by atoms with van der Waals surface area (Å²) in [6.07, 6.45) is -2.63. The van der Waals surface area contributed by atoms with Gasteiger partial charge in [0, 0.05) is 34.9 Å². The molecule has 0 unspecified atom stereocenters. The average molecular weight is 378 g/mol. The Morgan fingerprint density at radius 2 is 1.85 bits per heavy atom. The summed E-state index contributed by atoms with van der Waals surface area (Å²) >= 11 is 0. The molecule has 0 fully saturated rings. The van der Waals surface area contributed by atoms with Gasteiger partial charge in [-0.15, -0.1) is 0 Å². The van der Waals surface area contributed by atoms with Gasteiger partial charge in [-0.2, -0.15) is 13.2 Å². The van der Waals surface area contributed by atoms with Crippen molar-refractivity contribution in [2.45, 2.75) is 12.7 Å². The second-order valence-electron chi connectivity index (χ2n) is 5.71. The molecule has 0 aliphatic rings. The number of rotatable bonds is 5. The van der Waals surface area contributed by atoms with Crippen LogP contribution >= 0.6 is 0 Å². The molecule has 0 saturated carbocycles. The predicted octanol–water partition coefficient (Wildman–Crippen LogP) is 2.77. The number of ketones is 1. The maximum absolute atomic E-state index is 12.7. The lowest BCUT2D eigenvalue weighted by Crippen LogP contribution is -2.27. The SMILES string of the molecule is O=C(Cn1cc(C(F)(F)F)ccc1=O)OCC(=O)c1c[nH]c2ccccc12. The molecular weight excluding hydrogens is 365 g/mol. The van der Waals surface area contributed by atoms with Gasteiger partial charge in [-0.3, -0.25) is 14.4 Å². The van der Waals surface area contributed by atoms with Crippen LogP contribution < -0.4 is 5.56 Å². The highest BCUT2D eigenvalue weighted by atomic mass is 19.4. The number of pyridine rings is 1. The fourth-order valence-corrected chi connectivity index (χ4v) is 2.53. The third-order valence-corrected chi connectivity index (χ3v) is 3.86. The molecule has 2 aromatic heterocycles. The van der Waals surface area contributed by atoms with Crippen LogP contribution in [0.3, 0.4) is 0 Å². The third-order valence-electron chi connectivity index (χ3n) is 3.86. The number of para-hydroxylation sites is 1. The van der Waals surface area contributed by atoms with Gasteiger partial charge in [0.2, 0.25) is 5.78 Å². The Kier molecular flexibility index (Phi) is 4.85. The smallest absolute Gasteiger partial charge is 0.417 e. The molecule has 9 heteroatoms. The van der Waals surface area contributed by atoms with Crippen molar-refractivity contribution in [3.63, 3.8) is 0 Å². The Balaban J connectivity index is 1.66. The second-order valence-corrected chi connectivity index (χ2v) is 5.71. The summed E-state index contributed by atoms with van der Waals surface area (Å²) in [4.78, 5) is 38.6. The number of ether oxygens (including phenoxy) is 1. The Labute approximate surface area is 150 Å². The van der Waals surface area contributed by atoms with Gasteiger partial charge < -0.3 is 14.3 Å². The van der Waals surface area contributed by atoms with Crippen LogP contribution in [-0.2, 0) is 22.3 Å². The quantitative estimate of drug-likeness (QED) is 0.547. The van der Waals surface area contributed by atoms with Crippen LogP contribution in [0.5, 0.6) is 0 Å². The number of aromatic nitrogens is 2. The number of carbonyl (C=O) groups excluding carboxylic acids is 2. The monoisotopic (exact) mass is 378 g/mol. The fourth-order valence-electron chi connectivity index (χ4n) is 2.53. The number of halogens is 3. The van der Waals surface area contributed by atoms with Gasteiger partial charge in [0.1, 0.15) is 6.54 Å². The van der Waals surface area contributed by atoms with Gasteiger partial charge >= 0.3 is 12.1 Å². The van der Waals surface area contributed by atoms with Crippen LogP contribution in [0.1, 0.15) is 15.9 Å². The molecule has 0 spiro atoms. The standard InChI is InChI=1S/C18H13F3N2O4/c19-18(20,21)11-5-6-16(25)23(8-11)9-17(26)27-10-15(24)13-7-22-14-4-2-1-3-12(13)14/h1-8,22H,9-10H2. The Hall–Kier alpha value is -3.36. The van der Waals surface area contributed by atoms with E-state index in [1.807, 2.05) is 0 Å². The van der Waals surface area contributed by atoms with E-state index in [9.17, 15) is 27.6 Å². The lowest BCUT2D eigenvalue weighted by atomic mass is 10.1. The number of esters is 1.